The Balaban J connectivity index is 1.78. The maximum absolute atomic E-state index is 5.47. The van der Waals surface area contributed by atoms with Crippen molar-refractivity contribution < 1.29 is 4.42 Å². The summed E-state index contributed by atoms with van der Waals surface area (Å²) in [7, 11) is 2.14. The number of likely N-dealkylation sites (N-methyl/N-ethyl adjacent to an activating group) is 1. The van der Waals surface area contributed by atoms with Gasteiger partial charge in [0.15, 0.2) is 4.67 Å². The molecule has 1 unspecified atom stereocenters. The number of hydrogen-bond donors (Lipinski definition) is 1. The van der Waals surface area contributed by atoms with Crippen molar-refractivity contribution in [2.45, 2.75) is 25.4 Å². The normalized spacial score (nSPS) is 21.4. The molecule has 4 heteroatoms. The Morgan fingerprint density at radius 1 is 1.60 bits per heavy atom. The Morgan fingerprint density at radius 2 is 2.47 bits per heavy atom. The van der Waals surface area contributed by atoms with Gasteiger partial charge in [-0.25, -0.2) is 0 Å². The summed E-state index contributed by atoms with van der Waals surface area (Å²) >= 11 is 3.31. The molecule has 0 aromatic carbocycles. The number of nitrogens with one attached hydrogen (secondary N) is 1. The summed E-state index contributed by atoms with van der Waals surface area (Å²) in [5, 5.41) is 3.50. The average Bonchev–Trinajstić information content (AvgIpc) is 2.77. The average molecular weight is 273 g/mol. The maximum Gasteiger partial charge on any atom is 0.169 e. The van der Waals surface area contributed by atoms with E-state index < -0.39 is 0 Å². The number of nitrogens with zero attached hydrogens (tertiary/aromatic N) is 1. The molecule has 0 aliphatic carbocycles. The Bertz CT molecular complexity index is 307. The highest BCUT2D eigenvalue weighted by molar-refractivity contribution is 9.10. The van der Waals surface area contributed by atoms with E-state index in [-0.39, 0.29) is 0 Å². The van der Waals surface area contributed by atoms with Crippen LogP contribution >= 0.6 is 15.9 Å². The molecule has 1 aromatic rings. The van der Waals surface area contributed by atoms with Gasteiger partial charge in [-0.15, -0.1) is 0 Å². The van der Waals surface area contributed by atoms with Gasteiger partial charge in [-0.2, -0.15) is 0 Å². The van der Waals surface area contributed by atoms with Crippen molar-refractivity contribution in [2.24, 2.45) is 0 Å². The summed E-state index contributed by atoms with van der Waals surface area (Å²) in [6, 6.07) is 4.62. The molecule has 15 heavy (non-hydrogen) atoms. The van der Waals surface area contributed by atoms with E-state index in [9.17, 15) is 0 Å². The molecule has 1 fully saturated rings. The molecule has 0 bridgehead atoms. The lowest BCUT2D eigenvalue weighted by Crippen LogP contribution is -2.34. The van der Waals surface area contributed by atoms with E-state index in [1.54, 1.807) is 0 Å². The van der Waals surface area contributed by atoms with Crippen LogP contribution in [0, 0.1) is 0 Å². The SMILES string of the molecule is CN(Cc1ccc(Br)o1)CC1CCCN1. The molecule has 1 aliphatic rings. The minimum atomic E-state index is 0.661. The van der Waals surface area contributed by atoms with E-state index in [1.807, 2.05) is 12.1 Å². The quantitative estimate of drug-likeness (QED) is 0.911. The highest BCUT2D eigenvalue weighted by Gasteiger charge is 2.16. The Labute approximate surface area is 99.0 Å². The first kappa shape index (κ1) is 11.2. The van der Waals surface area contributed by atoms with Crippen molar-refractivity contribution in [3.63, 3.8) is 0 Å². The molecule has 1 atom stereocenters. The van der Waals surface area contributed by atoms with Crippen LogP contribution in [-0.4, -0.2) is 31.1 Å². The number of rotatable bonds is 4. The largest absolute Gasteiger partial charge is 0.453 e. The van der Waals surface area contributed by atoms with Crippen molar-refractivity contribution in [3.8, 4) is 0 Å². The van der Waals surface area contributed by atoms with Crippen LogP contribution in [0.1, 0.15) is 18.6 Å². The fraction of sp³-hybridized carbons (Fsp3) is 0.636. The third kappa shape index (κ3) is 3.33. The van der Waals surface area contributed by atoms with Crippen LogP contribution in [0.15, 0.2) is 21.2 Å². The number of hydrogen-bond acceptors (Lipinski definition) is 3. The van der Waals surface area contributed by atoms with Crippen molar-refractivity contribution in [1.82, 2.24) is 10.2 Å². The lowest BCUT2D eigenvalue weighted by molar-refractivity contribution is 0.267. The van der Waals surface area contributed by atoms with E-state index in [4.69, 9.17) is 4.42 Å². The predicted octanol–water partition coefficient (Wildman–Crippen LogP) is 2.23. The Morgan fingerprint density at radius 3 is 3.07 bits per heavy atom. The first-order chi connectivity index (χ1) is 7.24. The summed E-state index contributed by atoms with van der Waals surface area (Å²) in [6.45, 7) is 3.15. The zero-order chi connectivity index (χ0) is 10.7. The molecule has 1 aliphatic heterocycles. The molecule has 0 saturated carbocycles. The van der Waals surface area contributed by atoms with Gasteiger partial charge in [0.05, 0.1) is 6.54 Å². The van der Waals surface area contributed by atoms with Crippen molar-refractivity contribution in [2.75, 3.05) is 20.1 Å². The summed E-state index contributed by atoms with van der Waals surface area (Å²) in [6.07, 6.45) is 2.61. The van der Waals surface area contributed by atoms with E-state index in [0.29, 0.717) is 6.04 Å². The summed E-state index contributed by atoms with van der Waals surface area (Å²) < 4.78 is 6.28. The second kappa shape index (κ2) is 5.14. The molecule has 3 nitrogen and oxygen atoms in total. The molecular weight excluding hydrogens is 256 g/mol. The van der Waals surface area contributed by atoms with Crippen LogP contribution in [0.25, 0.3) is 0 Å². The van der Waals surface area contributed by atoms with Gasteiger partial charge in [-0.3, -0.25) is 4.90 Å². The van der Waals surface area contributed by atoms with Crippen molar-refractivity contribution in [3.05, 3.63) is 22.6 Å². The van der Waals surface area contributed by atoms with Gasteiger partial charge in [0.1, 0.15) is 5.76 Å². The second-order valence-corrected chi connectivity index (χ2v) is 4.98. The van der Waals surface area contributed by atoms with Gasteiger partial charge in [0.25, 0.3) is 0 Å². The summed E-state index contributed by atoms with van der Waals surface area (Å²) in [4.78, 5) is 2.30. The molecule has 1 saturated heterocycles. The van der Waals surface area contributed by atoms with E-state index in [0.717, 1.165) is 23.5 Å². The topological polar surface area (TPSA) is 28.4 Å². The first-order valence-electron chi connectivity index (χ1n) is 5.40. The molecule has 0 spiro atoms. The molecule has 1 N–H and O–H groups in total. The molecular formula is C11H17BrN2O. The maximum atomic E-state index is 5.47. The zero-order valence-corrected chi connectivity index (χ0v) is 10.6. The minimum Gasteiger partial charge on any atom is -0.453 e. The van der Waals surface area contributed by atoms with Gasteiger partial charge in [-0.1, -0.05) is 0 Å². The zero-order valence-electron chi connectivity index (χ0n) is 9.00. The van der Waals surface area contributed by atoms with Crippen LogP contribution in [0.4, 0.5) is 0 Å². The van der Waals surface area contributed by atoms with Crippen molar-refractivity contribution in [1.29, 1.82) is 0 Å². The number of halogens is 1. The van der Waals surface area contributed by atoms with Crippen LogP contribution in [0.5, 0.6) is 0 Å². The van der Waals surface area contributed by atoms with Crippen LogP contribution in [0.3, 0.4) is 0 Å². The highest BCUT2D eigenvalue weighted by Crippen LogP contribution is 2.15. The Kier molecular flexibility index (Phi) is 3.83. The lowest BCUT2D eigenvalue weighted by atomic mass is 10.2. The highest BCUT2D eigenvalue weighted by atomic mass is 79.9. The van der Waals surface area contributed by atoms with Gasteiger partial charge < -0.3 is 9.73 Å². The van der Waals surface area contributed by atoms with E-state index >= 15 is 0 Å². The van der Waals surface area contributed by atoms with Gasteiger partial charge >= 0.3 is 0 Å². The first-order valence-corrected chi connectivity index (χ1v) is 6.19. The third-order valence-corrected chi connectivity index (χ3v) is 3.18. The molecule has 0 radical (unpaired) electrons. The van der Waals surface area contributed by atoms with Gasteiger partial charge in [-0.05, 0) is 54.5 Å². The Hall–Kier alpha value is -0.320. The summed E-state index contributed by atoms with van der Waals surface area (Å²) in [5.41, 5.74) is 0. The number of furan rings is 1. The van der Waals surface area contributed by atoms with Gasteiger partial charge in [0, 0.05) is 12.6 Å². The standard InChI is InChI=1S/C11H17BrN2O/c1-14(7-9-3-2-6-13-9)8-10-4-5-11(12)15-10/h4-5,9,13H,2-3,6-8H2,1H3. The monoisotopic (exact) mass is 272 g/mol. The van der Waals surface area contributed by atoms with Crippen LogP contribution in [0.2, 0.25) is 0 Å². The van der Waals surface area contributed by atoms with Crippen LogP contribution in [-0.2, 0) is 6.54 Å². The minimum absolute atomic E-state index is 0.661. The smallest absolute Gasteiger partial charge is 0.169 e. The van der Waals surface area contributed by atoms with Crippen LogP contribution < -0.4 is 5.32 Å². The second-order valence-electron chi connectivity index (χ2n) is 4.20. The van der Waals surface area contributed by atoms with Gasteiger partial charge in [0.2, 0.25) is 0 Å². The molecule has 2 heterocycles. The molecule has 1 aromatic heterocycles. The molecule has 2 rings (SSSR count). The lowest BCUT2D eigenvalue weighted by Gasteiger charge is -2.19. The van der Waals surface area contributed by atoms with Crippen molar-refractivity contribution >= 4 is 15.9 Å². The summed E-state index contributed by atoms with van der Waals surface area (Å²) in [5.74, 6) is 1.02. The van der Waals surface area contributed by atoms with E-state index in [1.165, 1.54) is 19.4 Å². The fourth-order valence-corrected chi connectivity index (χ4v) is 2.40. The fourth-order valence-electron chi connectivity index (χ4n) is 2.06. The predicted molar refractivity (Wildman–Crippen MR) is 63.8 cm³/mol. The molecule has 0 amide bonds. The third-order valence-electron chi connectivity index (χ3n) is 2.75. The molecule has 84 valence electrons. The van der Waals surface area contributed by atoms with E-state index in [2.05, 4.69) is 33.2 Å².